The molecule has 0 aliphatic carbocycles. The summed E-state index contributed by atoms with van der Waals surface area (Å²) in [5, 5.41) is 13.9. The Bertz CT molecular complexity index is 1290. The zero-order valence-corrected chi connectivity index (χ0v) is 19.8. The van der Waals surface area contributed by atoms with Gasteiger partial charge in [-0.05, 0) is 43.7 Å². The Balaban J connectivity index is 1.77. The Morgan fingerprint density at radius 1 is 1.00 bits per heavy atom. The molecule has 0 saturated heterocycles. The fourth-order valence-electron chi connectivity index (χ4n) is 3.31. The van der Waals surface area contributed by atoms with Crippen LogP contribution in [0.2, 0.25) is 0 Å². The molecule has 0 heterocycles. The molecule has 1 atom stereocenters. The molecule has 0 aromatic heterocycles. The molecule has 10 nitrogen and oxygen atoms in total. The number of benzene rings is 3. The maximum absolute atomic E-state index is 13.1. The van der Waals surface area contributed by atoms with Crippen molar-refractivity contribution in [3.05, 3.63) is 93.5 Å². The molecule has 0 saturated carbocycles. The third kappa shape index (κ3) is 6.44. The summed E-state index contributed by atoms with van der Waals surface area (Å²) in [7, 11) is 1.39. The number of methoxy groups -OCH3 is 1. The third-order valence-electron chi connectivity index (χ3n) is 5.11. The summed E-state index contributed by atoms with van der Waals surface area (Å²) in [6.07, 6.45) is -1.40. The van der Waals surface area contributed by atoms with Gasteiger partial charge in [0, 0.05) is 17.2 Å². The average molecular weight is 492 g/mol. The Kier molecular flexibility index (Phi) is 8.35. The molecule has 1 amide bonds. The summed E-state index contributed by atoms with van der Waals surface area (Å²) in [6, 6.07) is 17.1. The Morgan fingerprint density at radius 3 is 2.36 bits per heavy atom. The molecule has 0 spiro atoms. The smallest absolute Gasteiger partial charge is 0.345 e. The number of hydrogen-bond acceptors (Lipinski definition) is 8. The van der Waals surface area contributed by atoms with Crippen molar-refractivity contribution in [1.29, 1.82) is 0 Å². The highest BCUT2D eigenvalue weighted by Crippen LogP contribution is 2.30. The highest BCUT2D eigenvalue weighted by Gasteiger charge is 2.27. The fourth-order valence-corrected chi connectivity index (χ4v) is 3.31. The molecular weight excluding hydrogens is 468 g/mol. The molecule has 0 aliphatic heterocycles. The molecule has 3 rings (SSSR count). The SMILES string of the molecule is COc1cc(C(C)=O)ccc1OCC(=O)OC(C(=O)Nc1ccc(C)cc1[N+](=O)[O-])c1ccccc1. The third-order valence-corrected chi connectivity index (χ3v) is 5.11. The lowest BCUT2D eigenvalue weighted by molar-refractivity contribution is -0.384. The number of carbonyl (C=O) groups excluding carboxylic acids is 3. The van der Waals surface area contributed by atoms with Gasteiger partial charge >= 0.3 is 5.97 Å². The largest absolute Gasteiger partial charge is 0.493 e. The average Bonchev–Trinajstić information content (AvgIpc) is 2.87. The highest BCUT2D eigenvalue weighted by atomic mass is 16.6. The number of Topliss-reactive ketones (excluding diaryl/α,β-unsaturated/α-hetero) is 1. The number of nitro benzene ring substituents is 1. The molecule has 0 aliphatic rings. The van der Waals surface area contributed by atoms with Crippen LogP contribution in [0.5, 0.6) is 11.5 Å². The molecular formula is C26H24N2O8. The number of nitrogens with zero attached hydrogens (tertiary/aromatic N) is 1. The number of rotatable bonds is 10. The maximum Gasteiger partial charge on any atom is 0.345 e. The van der Waals surface area contributed by atoms with E-state index in [0.29, 0.717) is 16.7 Å². The van der Waals surface area contributed by atoms with Crippen LogP contribution in [-0.2, 0) is 14.3 Å². The van der Waals surface area contributed by atoms with Gasteiger partial charge < -0.3 is 19.5 Å². The summed E-state index contributed by atoms with van der Waals surface area (Å²) in [5.74, 6) is -1.35. The molecule has 186 valence electrons. The lowest BCUT2D eigenvalue weighted by atomic mass is 10.1. The van der Waals surface area contributed by atoms with Gasteiger partial charge in [-0.1, -0.05) is 36.4 Å². The van der Waals surface area contributed by atoms with Crippen LogP contribution in [0, 0.1) is 17.0 Å². The second-order valence-corrected chi connectivity index (χ2v) is 7.76. The Labute approximate surface area is 206 Å². The predicted octanol–water partition coefficient (Wildman–Crippen LogP) is 4.42. The minimum Gasteiger partial charge on any atom is -0.493 e. The maximum atomic E-state index is 13.1. The standard InChI is InChI=1S/C26H24N2O8/c1-16-9-11-20(21(13-16)28(32)33)27-26(31)25(18-7-5-4-6-8-18)36-24(30)15-35-22-12-10-19(17(2)29)14-23(22)34-3/h4-14,25H,15H2,1-3H3,(H,27,31). The van der Waals surface area contributed by atoms with E-state index in [1.807, 2.05) is 0 Å². The van der Waals surface area contributed by atoms with Crippen LogP contribution in [0.25, 0.3) is 0 Å². The molecule has 3 aromatic carbocycles. The van der Waals surface area contributed by atoms with Gasteiger partial charge in [-0.25, -0.2) is 4.79 Å². The Hall–Kier alpha value is -4.73. The monoisotopic (exact) mass is 492 g/mol. The van der Waals surface area contributed by atoms with Crippen molar-refractivity contribution >= 4 is 29.0 Å². The molecule has 1 unspecified atom stereocenters. The van der Waals surface area contributed by atoms with Crippen LogP contribution in [0.1, 0.15) is 34.5 Å². The molecule has 10 heteroatoms. The summed E-state index contributed by atoms with van der Waals surface area (Å²) < 4.78 is 16.1. The first-order valence-corrected chi connectivity index (χ1v) is 10.8. The number of ketones is 1. The van der Waals surface area contributed by atoms with Crippen molar-refractivity contribution in [2.24, 2.45) is 0 Å². The number of esters is 1. The van der Waals surface area contributed by atoms with Crippen LogP contribution in [0.4, 0.5) is 11.4 Å². The number of amides is 1. The van der Waals surface area contributed by atoms with E-state index in [0.717, 1.165) is 0 Å². The van der Waals surface area contributed by atoms with E-state index in [-0.39, 0.29) is 28.7 Å². The topological polar surface area (TPSA) is 134 Å². The van der Waals surface area contributed by atoms with E-state index < -0.39 is 29.5 Å². The molecule has 0 radical (unpaired) electrons. The van der Waals surface area contributed by atoms with E-state index in [1.165, 1.54) is 44.4 Å². The van der Waals surface area contributed by atoms with Gasteiger partial charge in [0.15, 0.2) is 23.9 Å². The summed E-state index contributed by atoms with van der Waals surface area (Å²) in [4.78, 5) is 48.1. The quantitative estimate of drug-likeness (QED) is 0.190. The van der Waals surface area contributed by atoms with Gasteiger partial charge in [0.2, 0.25) is 6.10 Å². The van der Waals surface area contributed by atoms with Gasteiger partial charge in [0.25, 0.3) is 11.6 Å². The van der Waals surface area contributed by atoms with Gasteiger partial charge in [0.05, 0.1) is 12.0 Å². The normalized spacial score (nSPS) is 11.2. The zero-order valence-electron chi connectivity index (χ0n) is 19.8. The van der Waals surface area contributed by atoms with Crippen LogP contribution in [0.15, 0.2) is 66.7 Å². The molecule has 1 N–H and O–H groups in total. The fraction of sp³-hybridized carbons (Fsp3) is 0.192. The summed E-state index contributed by atoms with van der Waals surface area (Å²) in [5.41, 5.74) is 1.11. The second-order valence-electron chi connectivity index (χ2n) is 7.76. The van der Waals surface area contributed by atoms with Crippen LogP contribution >= 0.6 is 0 Å². The predicted molar refractivity (Wildman–Crippen MR) is 130 cm³/mol. The minimum absolute atomic E-state index is 0.0286. The second kappa shape index (κ2) is 11.6. The van der Waals surface area contributed by atoms with E-state index in [1.54, 1.807) is 43.3 Å². The van der Waals surface area contributed by atoms with Crippen LogP contribution < -0.4 is 14.8 Å². The number of aryl methyl sites for hydroxylation is 1. The summed E-state index contributed by atoms with van der Waals surface area (Å²) >= 11 is 0. The molecule has 0 fully saturated rings. The summed E-state index contributed by atoms with van der Waals surface area (Å²) in [6.45, 7) is 2.54. The molecule has 0 bridgehead atoms. The van der Waals surface area contributed by atoms with Crippen molar-refractivity contribution in [3.63, 3.8) is 0 Å². The van der Waals surface area contributed by atoms with Crippen molar-refractivity contribution in [1.82, 2.24) is 0 Å². The van der Waals surface area contributed by atoms with E-state index >= 15 is 0 Å². The van der Waals surface area contributed by atoms with Crippen molar-refractivity contribution < 1.29 is 33.5 Å². The minimum atomic E-state index is -1.40. The first kappa shape index (κ1) is 25.9. The van der Waals surface area contributed by atoms with Gasteiger partial charge in [0.1, 0.15) is 5.69 Å². The van der Waals surface area contributed by atoms with Crippen molar-refractivity contribution in [2.75, 3.05) is 19.0 Å². The number of ether oxygens (including phenoxy) is 3. The number of nitrogens with one attached hydrogen (secondary N) is 1. The first-order chi connectivity index (χ1) is 17.2. The number of anilines is 1. The van der Waals surface area contributed by atoms with Crippen molar-refractivity contribution in [3.8, 4) is 11.5 Å². The van der Waals surface area contributed by atoms with Crippen LogP contribution in [-0.4, -0.2) is 36.3 Å². The van der Waals surface area contributed by atoms with Gasteiger partial charge in [-0.3, -0.25) is 19.7 Å². The molecule has 36 heavy (non-hydrogen) atoms. The lowest BCUT2D eigenvalue weighted by Crippen LogP contribution is -2.28. The highest BCUT2D eigenvalue weighted by molar-refractivity contribution is 5.98. The van der Waals surface area contributed by atoms with Crippen molar-refractivity contribution in [2.45, 2.75) is 20.0 Å². The van der Waals surface area contributed by atoms with Gasteiger partial charge in [-0.2, -0.15) is 0 Å². The first-order valence-electron chi connectivity index (χ1n) is 10.8. The van der Waals surface area contributed by atoms with Gasteiger partial charge in [-0.15, -0.1) is 0 Å². The van der Waals surface area contributed by atoms with E-state index in [2.05, 4.69) is 5.32 Å². The number of nitro groups is 1. The van der Waals surface area contributed by atoms with E-state index in [4.69, 9.17) is 14.2 Å². The molecule has 3 aromatic rings. The van der Waals surface area contributed by atoms with E-state index in [9.17, 15) is 24.5 Å². The van der Waals surface area contributed by atoms with Crippen LogP contribution in [0.3, 0.4) is 0 Å². The number of carbonyl (C=O) groups is 3. The lowest BCUT2D eigenvalue weighted by Gasteiger charge is -2.19. The number of hydrogen-bond donors (Lipinski definition) is 1. The Morgan fingerprint density at radius 2 is 1.72 bits per heavy atom. The zero-order chi connectivity index (χ0) is 26.2.